The lowest BCUT2D eigenvalue weighted by Gasteiger charge is -2.29. The summed E-state index contributed by atoms with van der Waals surface area (Å²) in [7, 11) is 0. The molecule has 1 saturated heterocycles. The average molecular weight is 472 g/mol. The molecule has 2 N–H and O–H groups in total. The fourth-order valence-electron chi connectivity index (χ4n) is 3.35. The third-order valence-corrected chi connectivity index (χ3v) is 6.54. The summed E-state index contributed by atoms with van der Waals surface area (Å²) in [6, 6.07) is 4.97. The summed E-state index contributed by atoms with van der Waals surface area (Å²) < 4.78 is 54.4. The van der Waals surface area contributed by atoms with Crippen LogP contribution < -0.4 is 10.6 Å². The minimum atomic E-state index is -4.38. The standard InChI is InChI=1S/C14H13F4IN4S/c15-9-6-20-5-7-4-13(7,9)21-10-3-1-2-8-11(24-14(16,17)18)12(19)22-23(8)10/h1-3,7,9,20-21H,4-6H2/t7-,9+,13+/m1/s1. The number of piperidine rings is 1. The van der Waals surface area contributed by atoms with E-state index in [0.717, 1.165) is 6.54 Å². The van der Waals surface area contributed by atoms with E-state index in [-0.39, 0.29) is 32.8 Å². The molecule has 0 bridgehead atoms. The highest BCUT2D eigenvalue weighted by Gasteiger charge is 2.61. The van der Waals surface area contributed by atoms with Gasteiger partial charge in [-0.05, 0) is 58.8 Å². The van der Waals surface area contributed by atoms with Crippen LogP contribution in [0.4, 0.5) is 23.4 Å². The maximum atomic E-state index is 14.4. The van der Waals surface area contributed by atoms with Crippen molar-refractivity contribution in [2.24, 2.45) is 5.92 Å². The quantitative estimate of drug-likeness (QED) is 0.407. The molecule has 1 aliphatic heterocycles. The first-order chi connectivity index (χ1) is 11.3. The highest BCUT2D eigenvalue weighted by atomic mass is 127. The number of aromatic nitrogens is 2. The molecule has 0 amide bonds. The second-order valence-electron chi connectivity index (χ2n) is 6.07. The van der Waals surface area contributed by atoms with Crippen LogP contribution in [0.3, 0.4) is 0 Å². The first-order valence-corrected chi connectivity index (χ1v) is 9.26. The molecule has 2 aromatic rings. The summed E-state index contributed by atoms with van der Waals surface area (Å²) in [5.74, 6) is 0.710. The summed E-state index contributed by atoms with van der Waals surface area (Å²) in [6.07, 6.45) is -0.328. The topological polar surface area (TPSA) is 41.4 Å². The first-order valence-electron chi connectivity index (χ1n) is 7.36. The van der Waals surface area contributed by atoms with Crippen molar-refractivity contribution in [3.05, 3.63) is 21.9 Å². The zero-order valence-electron chi connectivity index (χ0n) is 12.2. The molecule has 3 heterocycles. The molecule has 10 heteroatoms. The molecule has 24 heavy (non-hydrogen) atoms. The zero-order chi connectivity index (χ0) is 17.1. The van der Waals surface area contributed by atoms with Crippen molar-refractivity contribution < 1.29 is 17.6 Å². The fourth-order valence-corrected chi connectivity index (χ4v) is 4.79. The van der Waals surface area contributed by atoms with Gasteiger partial charge < -0.3 is 10.6 Å². The number of thioether (sulfide) groups is 1. The van der Waals surface area contributed by atoms with Crippen LogP contribution in [0.25, 0.3) is 5.52 Å². The summed E-state index contributed by atoms with van der Waals surface area (Å²) in [5, 5.41) is 10.5. The van der Waals surface area contributed by atoms with Gasteiger partial charge in [0.15, 0.2) is 0 Å². The lowest BCUT2D eigenvalue weighted by Crippen LogP contribution is -2.48. The van der Waals surface area contributed by atoms with Crippen LogP contribution in [0, 0.1) is 9.62 Å². The summed E-state index contributed by atoms with van der Waals surface area (Å²) in [5.41, 5.74) is -4.65. The van der Waals surface area contributed by atoms with Crippen molar-refractivity contribution in [3.63, 3.8) is 0 Å². The molecule has 2 aromatic heterocycles. The van der Waals surface area contributed by atoms with Crippen LogP contribution in [-0.4, -0.2) is 39.9 Å². The summed E-state index contributed by atoms with van der Waals surface area (Å²) in [6.45, 7) is 1.03. The highest BCUT2D eigenvalue weighted by molar-refractivity contribution is 14.1. The fraction of sp³-hybridized carbons (Fsp3) is 0.500. The van der Waals surface area contributed by atoms with Crippen molar-refractivity contribution in [1.82, 2.24) is 14.9 Å². The molecule has 1 aliphatic carbocycles. The Bertz CT molecular complexity index is 795. The number of rotatable bonds is 3. The normalized spacial score (nSPS) is 29.5. The Morgan fingerprint density at radius 2 is 2.17 bits per heavy atom. The second kappa shape index (κ2) is 5.63. The molecule has 3 atom stereocenters. The molecule has 0 aromatic carbocycles. The number of halogens is 5. The number of fused-ring (bicyclic) bond motifs is 2. The number of hydrogen-bond acceptors (Lipinski definition) is 4. The molecule has 4 rings (SSSR count). The number of nitrogens with zero attached hydrogens (tertiary/aromatic N) is 2. The van der Waals surface area contributed by atoms with E-state index in [0.29, 0.717) is 17.8 Å². The van der Waals surface area contributed by atoms with Crippen LogP contribution in [0.1, 0.15) is 6.42 Å². The third kappa shape index (κ3) is 2.75. The van der Waals surface area contributed by atoms with Gasteiger partial charge in [-0.15, -0.1) is 0 Å². The molecule has 0 spiro atoms. The third-order valence-electron chi connectivity index (χ3n) is 4.58. The van der Waals surface area contributed by atoms with Gasteiger partial charge >= 0.3 is 5.51 Å². The van der Waals surface area contributed by atoms with Gasteiger partial charge in [-0.2, -0.15) is 18.3 Å². The van der Waals surface area contributed by atoms with E-state index in [1.165, 1.54) is 4.52 Å². The Labute approximate surface area is 152 Å². The maximum absolute atomic E-state index is 14.4. The predicted octanol–water partition coefficient (Wildman–Crippen LogP) is 3.66. The Hall–Kier alpha value is -0.750. The molecule has 130 valence electrons. The van der Waals surface area contributed by atoms with Crippen LogP contribution >= 0.6 is 34.4 Å². The number of anilines is 1. The van der Waals surface area contributed by atoms with Crippen molar-refractivity contribution in [3.8, 4) is 0 Å². The molecule has 0 radical (unpaired) electrons. The molecule has 2 aliphatic rings. The van der Waals surface area contributed by atoms with Gasteiger partial charge in [-0.3, -0.25) is 0 Å². The van der Waals surface area contributed by atoms with Gasteiger partial charge in [0.2, 0.25) is 0 Å². The minimum absolute atomic E-state index is 0.0682. The minimum Gasteiger partial charge on any atom is -0.361 e. The SMILES string of the molecule is F[C@H]1CNC[C@H]2C[C@]21Nc1cccc2c(SC(F)(F)F)c(I)nn12. The molecular weight excluding hydrogens is 459 g/mol. The van der Waals surface area contributed by atoms with Crippen molar-refractivity contribution in [2.75, 3.05) is 18.4 Å². The monoisotopic (exact) mass is 472 g/mol. The zero-order valence-corrected chi connectivity index (χ0v) is 15.2. The first kappa shape index (κ1) is 16.7. The Balaban J connectivity index is 1.71. The van der Waals surface area contributed by atoms with Gasteiger partial charge in [0.1, 0.15) is 15.7 Å². The molecule has 1 saturated carbocycles. The molecule has 0 unspecified atom stereocenters. The van der Waals surface area contributed by atoms with Crippen LogP contribution in [0.5, 0.6) is 0 Å². The van der Waals surface area contributed by atoms with Gasteiger partial charge in [-0.25, -0.2) is 8.91 Å². The van der Waals surface area contributed by atoms with E-state index in [4.69, 9.17) is 0 Å². The van der Waals surface area contributed by atoms with E-state index >= 15 is 0 Å². The molecular formula is C14H13F4IN4S. The van der Waals surface area contributed by atoms with Crippen LogP contribution in [0.15, 0.2) is 23.1 Å². The van der Waals surface area contributed by atoms with Gasteiger partial charge in [0.05, 0.1) is 16.0 Å². The van der Waals surface area contributed by atoms with E-state index in [2.05, 4.69) is 15.7 Å². The smallest absolute Gasteiger partial charge is 0.361 e. The van der Waals surface area contributed by atoms with Gasteiger partial charge in [-0.1, -0.05) is 6.07 Å². The predicted molar refractivity (Wildman–Crippen MR) is 92.0 cm³/mol. The van der Waals surface area contributed by atoms with E-state index in [9.17, 15) is 17.6 Å². The molecule has 4 nitrogen and oxygen atoms in total. The number of alkyl halides is 4. The number of nitrogens with one attached hydrogen (secondary N) is 2. The van der Waals surface area contributed by atoms with Gasteiger partial charge in [0.25, 0.3) is 0 Å². The highest BCUT2D eigenvalue weighted by Crippen LogP contribution is 2.51. The number of pyridine rings is 1. The maximum Gasteiger partial charge on any atom is 0.446 e. The second-order valence-corrected chi connectivity index (χ2v) is 8.17. The van der Waals surface area contributed by atoms with Gasteiger partial charge in [0, 0.05) is 13.1 Å². The van der Waals surface area contributed by atoms with E-state index in [1.807, 2.05) is 0 Å². The van der Waals surface area contributed by atoms with E-state index in [1.54, 1.807) is 40.8 Å². The van der Waals surface area contributed by atoms with E-state index < -0.39 is 17.2 Å². The summed E-state index contributed by atoms with van der Waals surface area (Å²) in [4.78, 5) is 0.0682. The lowest BCUT2D eigenvalue weighted by atomic mass is 10.0. The average Bonchev–Trinajstić information content (AvgIpc) is 3.13. The molecule has 2 fully saturated rings. The number of hydrogen-bond donors (Lipinski definition) is 2. The van der Waals surface area contributed by atoms with Crippen molar-refractivity contribution >= 4 is 45.7 Å². The van der Waals surface area contributed by atoms with Crippen molar-refractivity contribution in [1.29, 1.82) is 0 Å². The van der Waals surface area contributed by atoms with Crippen molar-refractivity contribution in [2.45, 2.75) is 28.5 Å². The van der Waals surface area contributed by atoms with Crippen LogP contribution in [-0.2, 0) is 0 Å². The van der Waals surface area contributed by atoms with Crippen LogP contribution in [0.2, 0.25) is 0 Å². The lowest BCUT2D eigenvalue weighted by molar-refractivity contribution is -0.0328. The Morgan fingerprint density at radius 1 is 1.38 bits per heavy atom. The Kier molecular flexibility index (Phi) is 3.92. The largest absolute Gasteiger partial charge is 0.446 e. The summed E-state index contributed by atoms with van der Waals surface area (Å²) >= 11 is 1.62. The Morgan fingerprint density at radius 3 is 2.88 bits per heavy atom.